The molecule has 0 saturated carbocycles. The number of aryl methyl sites for hydroxylation is 1. The molecule has 0 saturated heterocycles. The number of hydrogen-bond donors (Lipinski definition) is 2. The van der Waals surface area contributed by atoms with Crippen molar-refractivity contribution in [3.63, 3.8) is 0 Å². The molecule has 3 N–H and O–H groups in total. The van der Waals surface area contributed by atoms with Gasteiger partial charge in [0.05, 0.1) is 23.0 Å². The second-order valence-corrected chi connectivity index (χ2v) is 4.49. The van der Waals surface area contributed by atoms with Gasteiger partial charge in [-0.15, -0.1) is 0 Å². The highest BCUT2D eigenvalue weighted by atomic mass is 35.5. The van der Waals surface area contributed by atoms with E-state index in [1.54, 1.807) is 12.1 Å². The van der Waals surface area contributed by atoms with Gasteiger partial charge in [0.1, 0.15) is 5.82 Å². The molecule has 2 rings (SSSR count). The molecule has 1 aromatic heterocycles. The minimum absolute atomic E-state index is 0.428. The van der Waals surface area contributed by atoms with Crippen molar-refractivity contribution in [1.29, 1.82) is 0 Å². The fourth-order valence-corrected chi connectivity index (χ4v) is 1.96. The minimum Gasteiger partial charge on any atom is -0.476 e. The molecule has 0 aliphatic carbocycles. The lowest BCUT2D eigenvalue weighted by Gasteiger charge is -2.12. The fourth-order valence-electron chi connectivity index (χ4n) is 1.69. The number of aromatic nitrogens is 1. The smallest absolute Gasteiger partial charge is 0.239 e. The quantitative estimate of drug-likeness (QED) is 0.893. The number of nitrogens with one attached hydrogen (secondary N) is 1. The van der Waals surface area contributed by atoms with Crippen molar-refractivity contribution in [2.24, 2.45) is 0 Å². The summed E-state index contributed by atoms with van der Waals surface area (Å²) in [5, 5.41) is 3.84. The van der Waals surface area contributed by atoms with Gasteiger partial charge >= 0.3 is 0 Å². The lowest BCUT2D eigenvalue weighted by atomic mass is 10.2. The molecular weight excluding hydrogens is 262 g/mol. The van der Waals surface area contributed by atoms with E-state index >= 15 is 0 Å². The molecule has 1 heterocycles. The van der Waals surface area contributed by atoms with Crippen molar-refractivity contribution >= 4 is 28.8 Å². The van der Waals surface area contributed by atoms with E-state index in [0.29, 0.717) is 29.0 Å². The number of rotatable bonds is 4. The van der Waals surface area contributed by atoms with Gasteiger partial charge < -0.3 is 15.8 Å². The summed E-state index contributed by atoms with van der Waals surface area (Å²) in [4.78, 5) is 4.32. The molecule has 5 heteroatoms. The average molecular weight is 278 g/mol. The van der Waals surface area contributed by atoms with Crippen LogP contribution in [0, 0.1) is 6.92 Å². The zero-order valence-corrected chi connectivity index (χ0v) is 11.7. The van der Waals surface area contributed by atoms with Gasteiger partial charge in [-0.1, -0.05) is 23.7 Å². The Morgan fingerprint density at radius 1 is 1.32 bits per heavy atom. The van der Waals surface area contributed by atoms with E-state index in [1.807, 2.05) is 32.0 Å². The standard InChI is InChI=1S/C14H16ClN3O/c1-3-19-14-11(16)7-8-12(18-14)17-13-9(2)5-4-6-10(13)15/h4-8H,3,16H2,1-2H3,(H,17,18). The largest absolute Gasteiger partial charge is 0.476 e. The normalized spacial score (nSPS) is 10.3. The Bertz CT molecular complexity index is 567. The predicted octanol–water partition coefficient (Wildman–Crippen LogP) is 3.77. The van der Waals surface area contributed by atoms with Crippen LogP contribution in [0.25, 0.3) is 0 Å². The van der Waals surface area contributed by atoms with Gasteiger partial charge in [0.25, 0.3) is 0 Å². The molecule has 1 aromatic carbocycles. The number of nitrogens with two attached hydrogens (primary N) is 1. The van der Waals surface area contributed by atoms with Crippen LogP contribution in [0.1, 0.15) is 12.5 Å². The van der Waals surface area contributed by atoms with Gasteiger partial charge in [0, 0.05) is 0 Å². The summed E-state index contributed by atoms with van der Waals surface area (Å²) >= 11 is 6.17. The predicted molar refractivity (Wildman–Crippen MR) is 79.3 cm³/mol. The molecule has 0 atom stereocenters. The molecule has 4 nitrogen and oxygen atoms in total. The number of anilines is 3. The van der Waals surface area contributed by atoms with E-state index in [4.69, 9.17) is 22.1 Å². The Labute approximate surface area is 117 Å². The number of ether oxygens (including phenoxy) is 1. The molecule has 100 valence electrons. The first-order valence-corrected chi connectivity index (χ1v) is 6.41. The SMILES string of the molecule is CCOc1nc(Nc2c(C)cccc2Cl)ccc1N. The van der Waals surface area contributed by atoms with Crippen LogP contribution in [0.2, 0.25) is 5.02 Å². The zero-order valence-electron chi connectivity index (χ0n) is 10.9. The van der Waals surface area contributed by atoms with E-state index in [1.165, 1.54) is 0 Å². The monoisotopic (exact) mass is 277 g/mol. The van der Waals surface area contributed by atoms with Crippen LogP contribution in [-0.2, 0) is 0 Å². The maximum atomic E-state index is 6.17. The number of pyridine rings is 1. The Hall–Kier alpha value is -1.94. The highest BCUT2D eigenvalue weighted by Gasteiger charge is 2.07. The molecule has 0 aliphatic rings. The van der Waals surface area contributed by atoms with E-state index in [0.717, 1.165) is 11.3 Å². The number of para-hydroxylation sites is 1. The summed E-state index contributed by atoms with van der Waals surface area (Å²) in [5.74, 6) is 1.08. The summed E-state index contributed by atoms with van der Waals surface area (Å²) in [6.45, 7) is 4.39. The Kier molecular flexibility index (Phi) is 4.12. The first-order chi connectivity index (χ1) is 9.11. The first kappa shape index (κ1) is 13.5. The van der Waals surface area contributed by atoms with Gasteiger partial charge in [-0.05, 0) is 37.6 Å². The molecule has 0 unspecified atom stereocenters. The Morgan fingerprint density at radius 3 is 2.79 bits per heavy atom. The highest BCUT2D eigenvalue weighted by Crippen LogP contribution is 2.29. The minimum atomic E-state index is 0.428. The van der Waals surface area contributed by atoms with Crippen LogP contribution in [0.3, 0.4) is 0 Å². The van der Waals surface area contributed by atoms with E-state index in [9.17, 15) is 0 Å². The molecule has 0 aliphatic heterocycles. The number of nitrogen functional groups attached to an aromatic ring is 1. The number of nitrogens with zero attached hydrogens (tertiary/aromatic N) is 1. The average Bonchev–Trinajstić information content (AvgIpc) is 2.38. The second-order valence-electron chi connectivity index (χ2n) is 4.08. The van der Waals surface area contributed by atoms with Gasteiger partial charge in [0.15, 0.2) is 0 Å². The molecule has 0 spiro atoms. The van der Waals surface area contributed by atoms with Gasteiger partial charge in [-0.3, -0.25) is 0 Å². The van der Waals surface area contributed by atoms with Gasteiger partial charge in [0.2, 0.25) is 5.88 Å². The first-order valence-electron chi connectivity index (χ1n) is 6.03. The molecule has 0 amide bonds. The van der Waals surface area contributed by atoms with Crippen molar-refractivity contribution in [1.82, 2.24) is 4.98 Å². The van der Waals surface area contributed by atoms with E-state index in [2.05, 4.69) is 10.3 Å². The van der Waals surface area contributed by atoms with Gasteiger partial charge in [-0.2, -0.15) is 4.98 Å². The summed E-state index contributed by atoms with van der Waals surface area (Å²) in [6.07, 6.45) is 0. The van der Waals surface area contributed by atoms with Crippen LogP contribution < -0.4 is 15.8 Å². The zero-order chi connectivity index (χ0) is 13.8. The Morgan fingerprint density at radius 2 is 2.11 bits per heavy atom. The molecule has 0 fully saturated rings. The van der Waals surface area contributed by atoms with Crippen molar-refractivity contribution in [2.75, 3.05) is 17.7 Å². The maximum absolute atomic E-state index is 6.17. The van der Waals surface area contributed by atoms with E-state index < -0.39 is 0 Å². The lowest BCUT2D eigenvalue weighted by molar-refractivity contribution is 0.329. The third kappa shape index (κ3) is 3.09. The second kappa shape index (κ2) is 5.80. The van der Waals surface area contributed by atoms with Gasteiger partial charge in [-0.25, -0.2) is 0 Å². The van der Waals surface area contributed by atoms with Crippen molar-refractivity contribution in [2.45, 2.75) is 13.8 Å². The Balaban J connectivity index is 2.31. The van der Waals surface area contributed by atoms with Crippen molar-refractivity contribution in [3.8, 4) is 5.88 Å². The summed E-state index contributed by atoms with van der Waals surface area (Å²) in [5.41, 5.74) is 8.19. The number of hydrogen-bond acceptors (Lipinski definition) is 4. The lowest BCUT2D eigenvalue weighted by Crippen LogP contribution is -2.02. The maximum Gasteiger partial charge on any atom is 0.239 e. The van der Waals surface area contributed by atoms with E-state index in [-0.39, 0.29) is 0 Å². The van der Waals surface area contributed by atoms with Crippen LogP contribution >= 0.6 is 11.6 Å². The number of halogens is 1. The topological polar surface area (TPSA) is 60.2 Å². The van der Waals surface area contributed by atoms with Crippen LogP contribution in [0.15, 0.2) is 30.3 Å². The number of benzene rings is 1. The molecule has 0 radical (unpaired) electrons. The molecule has 2 aromatic rings. The van der Waals surface area contributed by atoms with Crippen LogP contribution in [0.5, 0.6) is 5.88 Å². The third-order valence-corrected chi connectivity index (χ3v) is 2.96. The highest BCUT2D eigenvalue weighted by molar-refractivity contribution is 6.33. The van der Waals surface area contributed by atoms with Crippen molar-refractivity contribution < 1.29 is 4.74 Å². The summed E-state index contributed by atoms with van der Waals surface area (Å²) in [6, 6.07) is 9.27. The third-order valence-electron chi connectivity index (χ3n) is 2.65. The van der Waals surface area contributed by atoms with Crippen LogP contribution in [-0.4, -0.2) is 11.6 Å². The van der Waals surface area contributed by atoms with Crippen LogP contribution in [0.4, 0.5) is 17.2 Å². The fraction of sp³-hybridized carbons (Fsp3) is 0.214. The molecule has 0 bridgehead atoms. The summed E-state index contributed by atoms with van der Waals surface area (Å²) in [7, 11) is 0. The molecular formula is C14H16ClN3O. The summed E-state index contributed by atoms with van der Waals surface area (Å²) < 4.78 is 5.37. The molecule has 19 heavy (non-hydrogen) atoms. The van der Waals surface area contributed by atoms with Crippen molar-refractivity contribution in [3.05, 3.63) is 40.9 Å².